The lowest BCUT2D eigenvalue weighted by atomic mass is 10.0. The van der Waals surface area contributed by atoms with Crippen molar-refractivity contribution in [3.8, 4) is 0 Å². The molecule has 0 aromatic heterocycles. The van der Waals surface area contributed by atoms with E-state index in [1.54, 1.807) is 0 Å². The fourth-order valence-corrected chi connectivity index (χ4v) is 2.31. The maximum absolute atomic E-state index is 6.15. The molecule has 2 rings (SSSR count). The van der Waals surface area contributed by atoms with Crippen molar-refractivity contribution >= 4 is 17.3 Å². The summed E-state index contributed by atoms with van der Waals surface area (Å²) >= 11 is 6.15. The lowest BCUT2D eigenvalue weighted by Gasteiger charge is -2.21. The third-order valence-electron chi connectivity index (χ3n) is 3.31. The molecule has 0 radical (unpaired) electrons. The van der Waals surface area contributed by atoms with Gasteiger partial charge in [0, 0.05) is 17.3 Å². The fourth-order valence-electron chi connectivity index (χ4n) is 2.13. The van der Waals surface area contributed by atoms with Gasteiger partial charge in [0.15, 0.2) is 0 Å². The standard InChI is InChI=1S/C16H19ClN2/c1-11-5-3-4-6-14(11)16(10-18)19-13-8-7-12(2)15(17)9-13/h3-9,16,19H,10,18H2,1-2H3. The van der Waals surface area contributed by atoms with E-state index in [0.29, 0.717) is 6.54 Å². The second-order valence-electron chi connectivity index (χ2n) is 4.75. The highest BCUT2D eigenvalue weighted by molar-refractivity contribution is 6.31. The highest BCUT2D eigenvalue weighted by atomic mass is 35.5. The van der Waals surface area contributed by atoms with Crippen LogP contribution in [0.2, 0.25) is 5.02 Å². The Hall–Kier alpha value is -1.51. The van der Waals surface area contributed by atoms with Crippen LogP contribution in [-0.2, 0) is 0 Å². The molecule has 0 saturated carbocycles. The summed E-state index contributed by atoms with van der Waals surface area (Å²) in [4.78, 5) is 0. The van der Waals surface area contributed by atoms with Crippen molar-refractivity contribution in [2.75, 3.05) is 11.9 Å². The summed E-state index contributed by atoms with van der Waals surface area (Å²) in [5, 5.41) is 4.21. The van der Waals surface area contributed by atoms with Crippen LogP contribution in [0, 0.1) is 13.8 Å². The Morgan fingerprint density at radius 1 is 1.11 bits per heavy atom. The Morgan fingerprint density at radius 3 is 2.47 bits per heavy atom. The minimum atomic E-state index is 0.0972. The van der Waals surface area contributed by atoms with Gasteiger partial charge in [-0.2, -0.15) is 0 Å². The summed E-state index contributed by atoms with van der Waals surface area (Å²) in [7, 11) is 0. The lowest BCUT2D eigenvalue weighted by Crippen LogP contribution is -2.21. The molecule has 19 heavy (non-hydrogen) atoms. The van der Waals surface area contributed by atoms with Crippen molar-refractivity contribution in [3.05, 3.63) is 64.2 Å². The molecule has 0 aliphatic heterocycles. The Bertz CT molecular complexity index is 566. The predicted molar refractivity (Wildman–Crippen MR) is 82.8 cm³/mol. The van der Waals surface area contributed by atoms with Gasteiger partial charge in [0.05, 0.1) is 6.04 Å². The van der Waals surface area contributed by atoms with Gasteiger partial charge < -0.3 is 11.1 Å². The number of halogens is 1. The highest BCUT2D eigenvalue weighted by Crippen LogP contribution is 2.25. The summed E-state index contributed by atoms with van der Waals surface area (Å²) in [6, 6.07) is 14.4. The minimum absolute atomic E-state index is 0.0972. The van der Waals surface area contributed by atoms with E-state index in [0.717, 1.165) is 16.3 Å². The number of anilines is 1. The van der Waals surface area contributed by atoms with Gasteiger partial charge in [-0.3, -0.25) is 0 Å². The third kappa shape index (κ3) is 3.28. The largest absolute Gasteiger partial charge is 0.377 e. The van der Waals surface area contributed by atoms with Gasteiger partial charge in [0.25, 0.3) is 0 Å². The molecule has 0 amide bonds. The Kier molecular flexibility index (Phi) is 4.46. The second kappa shape index (κ2) is 6.09. The molecule has 2 aromatic carbocycles. The normalized spacial score (nSPS) is 12.2. The quantitative estimate of drug-likeness (QED) is 0.882. The zero-order chi connectivity index (χ0) is 13.8. The maximum atomic E-state index is 6.15. The van der Waals surface area contributed by atoms with Crippen molar-refractivity contribution in [2.45, 2.75) is 19.9 Å². The molecule has 1 unspecified atom stereocenters. The number of nitrogens with one attached hydrogen (secondary N) is 1. The van der Waals surface area contributed by atoms with Crippen LogP contribution in [0.3, 0.4) is 0 Å². The van der Waals surface area contributed by atoms with Crippen LogP contribution in [0.1, 0.15) is 22.7 Å². The topological polar surface area (TPSA) is 38.0 Å². The van der Waals surface area contributed by atoms with E-state index in [9.17, 15) is 0 Å². The van der Waals surface area contributed by atoms with Crippen LogP contribution in [0.4, 0.5) is 5.69 Å². The number of hydrogen-bond acceptors (Lipinski definition) is 2. The minimum Gasteiger partial charge on any atom is -0.377 e. The van der Waals surface area contributed by atoms with Crippen LogP contribution < -0.4 is 11.1 Å². The first-order valence-corrected chi connectivity index (χ1v) is 6.78. The summed E-state index contributed by atoms with van der Waals surface area (Å²) in [5.74, 6) is 0. The molecule has 0 fully saturated rings. The van der Waals surface area contributed by atoms with E-state index in [2.05, 4.69) is 24.4 Å². The first kappa shape index (κ1) is 13.9. The second-order valence-corrected chi connectivity index (χ2v) is 5.16. The van der Waals surface area contributed by atoms with Crippen LogP contribution in [0.25, 0.3) is 0 Å². The SMILES string of the molecule is Cc1ccc(NC(CN)c2ccccc2C)cc1Cl. The van der Waals surface area contributed by atoms with Gasteiger partial charge in [0.2, 0.25) is 0 Å². The van der Waals surface area contributed by atoms with E-state index in [1.807, 2.05) is 37.3 Å². The lowest BCUT2D eigenvalue weighted by molar-refractivity contribution is 0.783. The van der Waals surface area contributed by atoms with Crippen molar-refractivity contribution in [3.63, 3.8) is 0 Å². The zero-order valence-electron chi connectivity index (χ0n) is 11.3. The van der Waals surface area contributed by atoms with E-state index in [4.69, 9.17) is 17.3 Å². The summed E-state index contributed by atoms with van der Waals surface area (Å²) in [5.41, 5.74) is 10.4. The predicted octanol–water partition coefficient (Wildman–Crippen LogP) is 4.07. The van der Waals surface area contributed by atoms with Gasteiger partial charge in [-0.1, -0.05) is 41.9 Å². The maximum Gasteiger partial charge on any atom is 0.0638 e. The number of benzene rings is 2. The number of hydrogen-bond donors (Lipinski definition) is 2. The van der Waals surface area contributed by atoms with Gasteiger partial charge in [-0.15, -0.1) is 0 Å². The summed E-state index contributed by atoms with van der Waals surface area (Å²) in [6.45, 7) is 4.63. The molecule has 0 saturated heterocycles. The smallest absolute Gasteiger partial charge is 0.0638 e. The molecule has 0 aliphatic rings. The summed E-state index contributed by atoms with van der Waals surface area (Å²) in [6.07, 6.45) is 0. The average Bonchev–Trinajstić information content (AvgIpc) is 2.41. The van der Waals surface area contributed by atoms with Gasteiger partial charge in [0.1, 0.15) is 0 Å². The Labute approximate surface area is 119 Å². The average molecular weight is 275 g/mol. The monoisotopic (exact) mass is 274 g/mol. The molecule has 1 atom stereocenters. The molecular weight excluding hydrogens is 256 g/mol. The van der Waals surface area contributed by atoms with Crippen LogP contribution in [0.5, 0.6) is 0 Å². The molecule has 0 bridgehead atoms. The van der Waals surface area contributed by atoms with Crippen LogP contribution in [-0.4, -0.2) is 6.54 Å². The number of rotatable bonds is 4. The molecule has 3 heteroatoms. The van der Waals surface area contributed by atoms with E-state index >= 15 is 0 Å². The van der Waals surface area contributed by atoms with E-state index in [-0.39, 0.29) is 6.04 Å². The van der Waals surface area contributed by atoms with Gasteiger partial charge in [-0.25, -0.2) is 0 Å². The molecule has 2 nitrogen and oxygen atoms in total. The Morgan fingerprint density at radius 2 is 1.84 bits per heavy atom. The van der Waals surface area contributed by atoms with Gasteiger partial charge in [-0.05, 0) is 42.7 Å². The first-order valence-electron chi connectivity index (χ1n) is 6.40. The van der Waals surface area contributed by atoms with Crippen LogP contribution in [0.15, 0.2) is 42.5 Å². The molecule has 0 aliphatic carbocycles. The number of aryl methyl sites for hydroxylation is 2. The zero-order valence-corrected chi connectivity index (χ0v) is 12.0. The highest BCUT2D eigenvalue weighted by Gasteiger charge is 2.11. The summed E-state index contributed by atoms with van der Waals surface area (Å²) < 4.78 is 0. The molecule has 0 heterocycles. The van der Waals surface area contributed by atoms with E-state index < -0.39 is 0 Å². The molecule has 0 spiro atoms. The Balaban J connectivity index is 2.24. The number of nitrogens with two attached hydrogens (primary N) is 1. The van der Waals surface area contributed by atoms with Gasteiger partial charge >= 0.3 is 0 Å². The van der Waals surface area contributed by atoms with E-state index in [1.165, 1.54) is 11.1 Å². The van der Waals surface area contributed by atoms with Crippen molar-refractivity contribution in [1.82, 2.24) is 0 Å². The first-order chi connectivity index (χ1) is 9.11. The fraction of sp³-hybridized carbons (Fsp3) is 0.250. The molecule has 3 N–H and O–H groups in total. The third-order valence-corrected chi connectivity index (χ3v) is 3.72. The molecular formula is C16H19ClN2. The van der Waals surface area contributed by atoms with Crippen LogP contribution >= 0.6 is 11.6 Å². The molecule has 2 aromatic rings. The molecule has 100 valence electrons. The van der Waals surface area contributed by atoms with Crippen molar-refractivity contribution in [2.24, 2.45) is 5.73 Å². The van der Waals surface area contributed by atoms with Crippen molar-refractivity contribution in [1.29, 1.82) is 0 Å². The van der Waals surface area contributed by atoms with Crippen molar-refractivity contribution < 1.29 is 0 Å².